The summed E-state index contributed by atoms with van der Waals surface area (Å²) in [5.41, 5.74) is 0. The minimum absolute atomic E-state index is 0.868. The minimum atomic E-state index is 0.868. The third-order valence-corrected chi connectivity index (χ3v) is 1.43. The van der Waals surface area contributed by atoms with Crippen molar-refractivity contribution in [2.45, 2.75) is 0 Å². The highest BCUT2D eigenvalue weighted by atomic mass is 32.2. The van der Waals surface area contributed by atoms with Crippen LogP contribution in [0.3, 0.4) is 0 Å². The molecule has 0 aliphatic carbocycles. The summed E-state index contributed by atoms with van der Waals surface area (Å²) in [5, 5.41) is 2.09. The van der Waals surface area contributed by atoms with Crippen LogP contribution >= 0.6 is 11.8 Å². The van der Waals surface area contributed by atoms with Crippen LogP contribution in [0.2, 0.25) is 0 Å². The fraction of sp³-hybridized carbons (Fsp3) is 0.400. The molecule has 0 aromatic heterocycles. The van der Waals surface area contributed by atoms with Crippen LogP contribution in [0.5, 0.6) is 0 Å². The van der Waals surface area contributed by atoms with E-state index in [2.05, 4.69) is 16.5 Å². The molecule has 0 bridgehead atoms. The van der Waals surface area contributed by atoms with E-state index >= 15 is 0 Å². The van der Waals surface area contributed by atoms with Crippen LogP contribution < -0.4 is 0 Å². The van der Waals surface area contributed by atoms with Gasteiger partial charge in [-0.05, 0) is 5.41 Å². The number of thioether (sulfide) groups is 1. The molecule has 0 unspecified atom stereocenters. The van der Waals surface area contributed by atoms with Crippen LogP contribution in [0, 0.1) is 0 Å². The Bertz CT molecular complexity index is 84.3. The first kappa shape index (κ1) is 4.91. The third-order valence-electron chi connectivity index (χ3n) is 0.703. The van der Waals surface area contributed by atoms with Gasteiger partial charge in [0.25, 0.3) is 0 Å². The number of hydrogen-bond acceptors (Lipinski definition) is 2. The van der Waals surface area contributed by atoms with Gasteiger partial charge in [-0.25, -0.2) is 0 Å². The molecule has 38 valence electrons. The predicted octanol–water partition coefficient (Wildman–Crippen LogP) is 1.32. The summed E-state index contributed by atoms with van der Waals surface area (Å²) in [6.07, 6.45) is 4.01. The summed E-state index contributed by atoms with van der Waals surface area (Å²) in [5.74, 6) is 1.04. The van der Waals surface area contributed by atoms with Crippen molar-refractivity contribution in [2.75, 3.05) is 12.3 Å². The molecule has 2 heteroatoms. The van der Waals surface area contributed by atoms with Gasteiger partial charge in [0, 0.05) is 12.0 Å². The average molecular weight is 113 g/mol. The van der Waals surface area contributed by atoms with Gasteiger partial charge in [0.15, 0.2) is 0 Å². The van der Waals surface area contributed by atoms with E-state index in [0.29, 0.717) is 0 Å². The zero-order valence-corrected chi connectivity index (χ0v) is 4.82. The summed E-state index contributed by atoms with van der Waals surface area (Å²) >= 11 is 1.79. The van der Waals surface area contributed by atoms with Crippen molar-refractivity contribution in [1.82, 2.24) is 0 Å². The van der Waals surface area contributed by atoms with Crippen molar-refractivity contribution >= 4 is 18.0 Å². The van der Waals surface area contributed by atoms with Gasteiger partial charge in [0.1, 0.15) is 0 Å². The first-order valence-electron chi connectivity index (χ1n) is 2.25. The number of rotatable bonds is 0. The quantitative estimate of drug-likeness (QED) is 0.461. The smallest absolute Gasteiger partial charge is 0.0574 e. The lowest BCUT2D eigenvalue weighted by Crippen LogP contribution is -1.73. The van der Waals surface area contributed by atoms with Crippen LogP contribution in [-0.4, -0.2) is 18.5 Å². The summed E-state index contributed by atoms with van der Waals surface area (Å²) in [4.78, 5) is 4.04. The fourth-order valence-corrected chi connectivity index (χ4v) is 0.922. The molecular weight excluding hydrogens is 106 g/mol. The SMILES string of the molecule is C1=CSCC=NC1. The van der Waals surface area contributed by atoms with Crippen LogP contribution in [0.4, 0.5) is 0 Å². The highest BCUT2D eigenvalue weighted by Crippen LogP contribution is 2.01. The zero-order chi connectivity index (χ0) is 4.95. The van der Waals surface area contributed by atoms with Crippen molar-refractivity contribution in [1.29, 1.82) is 0 Å². The van der Waals surface area contributed by atoms with Crippen molar-refractivity contribution in [2.24, 2.45) is 4.99 Å². The summed E-state index contributed by atoms with van der Waals surface area (Å²) in [6.45, 7) is 0.868. The first-order valence-corrected chi connectivity index (χ1v) is 3.30. The Balaban J connectivity index is 2.38. The molecule has 0 radical (unpaired) electrons. The maximum absolute atomic E-state index is 4.04. The molecule has 0 atom stereocenters. The monoisotopic (exact) mass is 113 g/mol. The molecule has 1 rings (SSSR count). The average Bonchev–Trinajstić information content (AvgIpc) is 1.90. The van der Waals surface area contributed by atoms with E-state index in [9.17, 15) is 0 Å². The zero-order valence-electron chi connectivity index (χ0n) is 4.00. The van der Waals surface area contributed by atoms with Crippen molar-refractivity contribution in [3.8, 4) is 0 Å². The molecule has 1 heterocycles. The van der Waals surface area contributed by atoms with Gasteiger partial charge in [-0.2, -0.15) is 0 Å². The van der Waals surface area contributed by atoms with E-state index < -0.39 is 0 Å². The lowest BCUT2D eigenvalue weighted by Gasteiger charge is -1.75. The molecule has 0 amide bonds. The molecule has 0 fully saturated rings. The van der Waals surface area contributed by atoms with Crippen molar-refractivity contribution < 1.29 is 0 Å². The summed E-state index contributed by atoms with van der Waals surface area (Å²) < 4.78 is 0. The molecule has 0 N–H and O–H groups in total. The normalized spacial score (nSPS) is 19.4. The Labute approximate surface area is 47.5 Å². The second-order valence-electron chi connectivity index (χ2n) is 1.25. The van der Waals surface area contributed by atoms with Crippen molar-refractivity contribution in [3.05, 3.63) is 11.5 Å². The largest absolute Gasteiger partial charge is 0.293 e. The lowest BCUT2D eigenvalue weighted by molar-refractivity contribution is 1.26. The van der Waals surface area contributed by atoms with E-state index in [-0.39, 0.29) is 0 Å². The molecule has 0 aromatic rings. The molecule has 1 nitrogen and oxygen atoms in total. The van der Waals surface area contributed by atoms with Crippen LogP contribution in [-0.2, 0) is 0 Å². The van der Waals surface area contributed by atoms with E-state index in [1.165, 1.54) is 0 Å². The topological polar surface area (TPSA) is 12.4 Å². The van der Waals surface area contributed by atoms with Gasteiger partial charge < -0.3 is 0 Å². The molecule has 7 heavy (non-hydrogen) atoms. The van der Waals surface area contributed by atoms with Gasteiger partial charge in [-0.15, -0.1) is 11.8 Å². The van der Waals surface area contributed by atoms with Crippen LogP contribution in [0.25, 0.3) is 0 Å². The number of aliphatic imine (C=N–C) groups is 1. The standard InChI is InChI=1S/C5H7NS/c1-2-6-3-5-7-4-1/h1,3-4H,2,5H2. The maximum Gasteiger partial charge on any atom is 0.0574 e. The lowest BCUT2D eigenvalue weighted by atomic mass is 10.6. The second kappa shape index (κ2) is 2.86. The Morgan fingerprint density at radius 2 is 2.57 bits per heavy atom. The fourth-order valence-electron chi connectivity index (χ4n) is 0.398. The molecule has 0 saturated heterocycles. The van der Waals surface area contributed by atoms with E-state index in [0.717, 1.165) is 12.3 Å². The Kier molecular flexibility index (Phi) is 2.00. The van der Waals surface area contributed by atoms with Gasteiger partial charge in [0.2, 0.25) is 0 Å². The Morgan fingerprint density at radius 3 is 3.57 bits per heavy atom. The van der Waals surface area contributed by atoms with Gasteiger partial charge in [-0.3, -0.25) is 4.99 Å². The minimum Gasteiger partial charge on any atom is -0.293 e. The Morgan fingerprint density at radius 1 is 1.57 bits per heavy atom. The number of nitrogens with zero attached hydrogens (tertiary/aromatic N) is 1. The van der Waals surface area contributed by atoms with Gasteiger partial charge in [0.05, 0.1) is 6.54 Å². The first-order chi connectivity index (χ1) is 3.50. The predicted molar refractivity (Wildman–Crippen MR) is 35.0 cm³/mol. The second-order valence-corrected chi connectivity index (χ2v) is 2.19. The van der Waals surface area contributed by atoms with Gasteiger partial charge in [-0.1, -0.05) is 6.08 Å². The number of hydrogen-bond donors (Lipinski definition) is 0. The molecule has 0 saturated carbocycles. The van der Waals surface area contributed by atoms with E-state index in [1.807, 2.05) is 6.21 Å². The molecular formula is C5H7NS. The highest BCUT2D eigenvalue weighted by Gasteiger charge is 1.80. The van der Waals surface area contributed by atoms with E-state index in [4.69, 9.17) is 0 Å². The van der Waals surface area contributed by atoms with Crippen LogP contribution in [0.1, 0.15) is 0 Å². The maximum atomic E-state index is 4.04. The van der Waals surface area contributed by atoms with Crippen LogP contribution in [0.15, 0.2) is 16.5 Å². The third kappa shape index (κ3) is 1.78. The molecule has 0 spiro atoms. The highest BCUT2D eigenvalue weighted by molar-refractivity contribution is 8.02. The van der Waals surface area contributed by atoms with Gasteiger partial charge >= 0.3 is 0 Å². The molecule has 1 aliphatic rings. The summed E-state index contributed by atoms with van der Waals surface area (Å²) in [7, 11) is 0. The van der Waals surface area contributed by atoms with E-state index in [1.54, 1.807) is 11.8 Å². The Hall–Kier alpha value is -0.240. The molecule has 0 aromatic carbocycles. The summed E-state index contributed by atoms with van der Waals surface area (Å²) in [6, 6.07) is 0. The molecule has 1 aliphatic heterocycles. The van der Waals surface area contributed by atoms with Crippen molar-refractivity contribution in [3.63, 3.8) is 0 Å².